The predicted octanol–water partition coefficient (Wildman–Crippen LogP) is 3.05. The molecule has 5 heteroatoms. The molecule has 0 spiro atoms. The molecule has 0 saturated carbocycles. The SMILES string of the molecule is CSc1ccc(C)c(C(=O)N2CCN(C(=O)C(C)(C)C)CC2)c1. The van der Waals surface area contributed by atoms with Gasteiger partial charge in [0, 0.05) is 42.1 Å². The minimum Gasteiger partial charge on any atom is -0.339 e. The van der Waals surface area contributed by atoms with E-state index in [1.165, 1.54) is 0 Å². The van der Waals surface area contributed by atoms with Crippen LogP contribution in [0.1, 0.15) is 36.7 Å². The van der Waals surface area contributed by atoms with Crippen LogP contribution in [0.2, 0.25) is 0 Å². The van der Waals surface area contributed by atoms with Crippen molar-refractivity contribution in [2.75, 3.05) is 32.4 Å². The third kappa shape index (κ3) is 4.08. The number of rotatable bonds is 2. The Hall–Kier alpha value is -1.49. The monoisotopic (exact) mass is 334 g/mol. The third-order valence-electron chi connectivity index (χ3n) is 4.17. The molecule has 4 nitrogen and oxygen atoms in total. The van der Waals surface area contributed by atoms with Crippen LogP contribution in [0.25, 0.3) is 0 Å². The third-order valence-corrected chi connectivity index (χ3v) is 4.90. The molecular formula is C18H26N2O2S. The summed E-state index contributed by atoms with van der Waals surface area (Å²) in [4.78, 5) is 29.9. The molecule has 2 rings (SSSR count). The molecule has 1 aliphatic heterocycles. The van der Waals surface area contributed by atoms with E-state index in [0.717, 1.165) is 16.0 Å². The van der Waals surface area contributed by atoms with Gasteiger partial charge in [-0.2, -0.15) is 0 Å². The van der Waals surface area contributed by atoms with Crippen molar-refractivity contribution in [1.29, 1.82) is 0 Å². The molecule has 0 N–H and O–H groups in total. The van der Waals surface area contributed by atoms with Crippen molar-refractivity contribution < 1.29 is 9.59 Å². The molecule has 1 aromatic rings. The highest BCUT2D eigenvalue weighted by Crippen LogP contribution is 2.22. The fraction of sp³-hybridized carbons (Fsp3) is 0.556. The summed E-state index contributed by atoms with van der Waals surface area (Å²) in [5.41, 5.74) is 1.41. The van der Waals surface area contributed by atoms with Crippen LogP contribution in [0.15, 0.2) is 23.1 Å². The van der Waals surface area contributed by atoms with Gasteiger partial charge in [0.2, 0.25) is 5.91 Å². The number of hydrogen-bond donors (Lipinski definition) is 0. The summed E-state index contributed by atoms with van der Waals surface area (Å²) < 4.78 is 0. The lowest BCUT2D eigenvalue weighted by atomic mass is 9.94. The van der Waals surface area contributed by atoms with E-state index >= 15 is 0 Å². The van der Waals surface area contributed by atoms with Crippen LogP contribution < -0.4 is 0 Å². The highest BCUT2D eigenvalue weighted by atomic mass is 32.2. The van der Waals surface area contributed by atoms with Gasteiger partial charge in [0.15, 0.2) is 0 Å². The smallest absolute Gasteiger partial charge is 0.254 e. The second kappa shape index (κ2) is 6.95. The number of piperazine rings is 1. The summed E-state index contributed by atoms with van der Waals surface area (Å²) >= 11 is 1.64. The Labute approximate surface area is 143 Å². The van der Waals surface area contributed by atoms with Crippen molar-refractivity contribution in [2.45, 2.75) is 32.6 Å². The normalized spacial score (nSPS) is 15.7. The molecule has 0 bridgehead atoms. The van der Waals surface area contributed by atoms with Gasteiger partial charge in [-0.3, -0.25) is 9.59 Å². The van der Waals surface area contributed by atoms with Gasteiger partial charge in [0.05, 0.1) is 0 Å². The van der Waals surface area contributed by atoms with E-state index in [2.05, 4.69) is 0 Å². The summed E-state index contributed by atoms with van der Waals surface area (Å²) in [5, 5.41) is 0. The fourth-order valence-corrected chi connectivity index (χ4v) is 3.16. The molecule has 23 heavy (non-hydrogen) atoms. The van der Waals surface area contributed by atoms with Crippen molar-refractivity contribution in [3.8, 4) is 0 Å². The number of carbonyl (C=O) groups excluding carboxylic acids is 2. The highest BCUT2D eigenvalue weighted by molar-refractivity contribution is 7.98. The first kappa shape index (κ1) is 17.9. The molecule has 1 heterocycles. The molecule has 2 amide bonds. The van der Waals surface area contributed by atoms with Crippen molar-refractivity contribution >= 4 is 23.6 Å². The van der Waals surface area contributed by atoms with Crippen LogP contribution in [0, 0.1) is 12.3 Å². The zero-order valence-corrected chi connectivity index (χ0v) is 15.5. The van der Waals surface area contributed by atoms with Gasteiger partial charge >= 0.3 is 0 Å². The van der Waals surface area contributed by atoms with Crippen LogP contribution in [-0.4, -0.2) is 54.0 Å². The molecule has 0 aromatic heterocycles. The quantitative estimate of drug-likeness (QED) is 0.781. The summed E-state index contributed by atoms with van der Waals surface area (Å²) in [5.74, 6) is 0.228. The van der Waals surface area contributed by atoms with Gasteiger partial charge in [-0.15, -0.1) is 11.8 Å². The Balaban J connectivity index is 2.06. The van der Waals surface area contributed by atoms with E-state index in [0.29, 0.717) is 26.2 Å². The largest absolute Gasteiger partial charge is 0.339 e. The zero-order valence-electron chi connectivity index (χ0n) is 14.7. The second-order valence-electron chi connectivity index (χ2n) is 7.02. The lowest BCUT2D eigenvalue weighted by Crippen LogP contribution is -2.53. The Morgan fingerprint density at radius 2 is 1.61 bits per heavy atom. The van der Waals surface area contributed by atoms with E-state index in [1.807, 2.05) is 61.9 Å². The maximum atomic E-state index is 12.8. The van der Waals surface area contributed by atoms with Gasteiger partial charge in [-0.1, -0.05) is 26.8 Å². The fourth-order valence-electron chi connectivity index (χ4n) is 2.72. The standard InChI is InChI=1S/C18H26N2O2S/c1-13-6-7-14(23-5)12-15(13)16(21)19-8-10-20(11-9-19)17(22)18(2,3)4/h6-7,12H,8-11H2,1-5H3. The molecule has 0 atom stereocenters. The minimum absolute atomic E-state index is 0.0706. The van der Waals surface area contributed by atoms with Crippen molar-refractivity contribution in [2.24, 2.45) is 5.41 Å². The molecular weight excluding hydrogens is 308 g/mol. The number of thioether (sulfide) groups is 1. The second-order valence-corrected chi connectivity index (χ2v) is 7.89. The first-order valence-corrected chi connectivity index (χ1v) is 9.20. The first-order valence-electron chi connectivity index (χ1n) is 7.97. The van der Waals surface area contributed by atoms with Crippen LogP contribution >= 0.6 is 11.8 Å². The summed E-state index contributed by atoms with van der Waals surface area (Å²) in [6.45, 7) is 10.2. The Kier molecular flexibility index (Phi) is 5.40. The van der Waals surface area contributed by atoms with Crippen LogP contribution in [0.4, 0.5) is 0 Å². The van der Waals surface area contributed by atoms with Crippen molar-refractivity contribution in [3.63, 3.8) is 0 Å². The number of carbonyl (C=O) groups is 2. The lowest BCUT2D eigenvalue weighted by molar-refractivity contribution is -0.140. The van der Waals surface area contributed by atoms with Gasteiger partial charge < -0.3 is 9.80 Å². The van der Waals surface area contributed by atoms with E-state index in [-0.39, 0.29) is 17.2 Å². The summed E-state index contributed by atoms with van der Waals surface area (Å²) in [7, 11) is 0. The van der Waals surface area contributed by atoms with Crippen molar-refractivity contribution in [3.05, 3.63) is 29.3 Å². The molecule has 0 unspecified atom stereocenters. The average Bonchev–Trinajstić information content (AvgIpc) is 2.53. The van der Waals surface area contributed by atoms with E-state index < -0.39 is 0 Å². The number of amides is 2. The van der Waals surface area contributed by atoms with Crippen LogP contribution in [0.5, 0.6) is 0 Å². The molecule has 126 valence electrons. The Morgan fingerprint density at radius 3 is 2.13 bits per heavy atom. The average molecular weight is 334 g/mol. The van der Waals surface area contributed by atoms with Crippen molar-refractivity contribution in [1.82, 2.24) is 9.80 Å². The number of aryl methyl sites for hydroxylation is 1. The first-order chi connectivity index (χ1) is 10.7. The molecule has 1 aromatic carbocycles. The maximum Gasteiger partial charge on any atom is 0.254 e. The van der Waals surface area contributed by atoms with E-state index in [1.54, 1.807) is 11.8 Å². The molecule has 0 aliphatic carbocycles. The number of nitrogens with zero attached hydrogens (tertiary/aromatic N) is 2. The van der Waals surface area contributed by atoms with Gasteiger partial charge in [-0.25, -0.2) is 0 Å². The van der Waals surface area contributed by atoms with Gasteiger partial charge in [0.1, 0.15) is 0 Å². The molecule has 1 fully saturated rings. The topological polar surface area (TPSA) is 40.6 Å². The number of benzene rings is 1. The van der Waals surface area contributed by atoms with Gasteiger partial charge in [0.25, 0.3) is 5.91 Å². The van der Waals surface area contributed by atoms with E-state index in [9.17, 15) is 9.59 Å². The van der Waals surface area contributed by atoms with Crippen LogP contribution in [0.3, 0.4) is 0 Å². The molecule has 0 radical (unpaired) electrons. The van der Waals surface area contributed by atoms with Crippen LogP contribution in [-0.2, 0) is 4.79 Å². The maximum absolute atomic E-state index is 12.8. The summed E-state index contributed by atoms with van der Waals surface area (Å²) in [6, 6.07) is 6.00. The highest BCUT2D eigenvalue weighted by Gasteiger charge is 2.31. The predicted molar refractivity (Wildman–Crippen MR) is 94.9 cm³/mol. The minimum atomic E-state index is -0.366. The van der Waals surface area contributed by atoms with Gasteiger partial charge in [-0.05, 0) is 30.9 Å². The molecule has 1 saturated heterocycles. The lowest BCUT2D eigenvalue weighted by Gasteiger charge is -2.37. The summed E-state index contributed by atoms with van der Waals surface area (Å²) in [6.07, 6.45) is 2.01. The Morgan fingerprint density at radius 1 is 1.04 bits per heavy atom. The van der Waals surface area contributed by atoms with E-state index in [4.69, 9.17) is 0 Å². The zero-order chi connectivity index (χ0) is 17.2. The molecule has 1 aliphatic rings. The Bertz CT molecular complexity index is 600. The number of hydrogen-bond acceptors (Lipinski definition) is 3.